The van der Waals surface area contributed by atoms with Gasteiger partial charge in [0.1, 0.15) is 17.7 Å². The van der Waals surface area contributed by atoms with Gasteiger partial charge in [-0.05, 0) is 37.0 Å². The zero-order chi connectivity index (χ0) is 12.3. The van der Waals surface area contributed by atoms with Gasteiger partial charge in [-0.1, -0.05) is 29.3 Å². The number of alkyl halides is 1. The molecular weight excluding hydrogens is 283 g/mol. The summed E-state index contributed by atoms with van der Waals surface area (Å²) < 4.78 is 18.9. The van der Waals surface area contributed by atoms with Crippen molar-refractivity contribution in [3.63, 3.8) is 0 Å². The van der Waals surface area contributed by atoms with Crippen LogP contribution in [0.2, 0.25) is 0 Å². The second kappa shape index (κ2) is 5.85. The van der Waals surface area contributed by atoms with Gasteiger partial charge in [0, 0.05) is 17.3 Å². The van der Waals surface area contributed by atoms with Gasteiger partial charge < -0.3 is 4.74 Å². The standard InChI is InChI=1S/C14H18BrFO/c1-2-3-10(9-15)6-13-8-11-7-12(16)4-5-14(11)17-13/h4-5,7,10,13H,2-3,6,8-9H2,1H3. The van der Waals surface area contributed by atoms with Crippen LogP contribution in [-0.4, -0.2) is 11.4 Å². The zero-order valence-electron chi connectivity index (χ0n) is 10.1. The van der Waals surface area contributed by atoms with E-state index in [1.54, 1.807) is 12.1 Å². The Labute approximate surface area is 110 Å². The van der Waals surface area contributed by atoms with E-state index in [2.05, 4.69) is 22.9 Å². The summed E-state index contributed by atoms with van der Waals surface area (Å²) in [6.07, 6.45) is 4.54. The van der Waals surface area contributed by atoms with Gasteiger partial charge in [0.2, 0.25) is 0 Å². The molecule has 2 unspecified atom stereocenters. The number of hydrogen-bond donors (Lipinski definition) is 0. The van der Waals surface area contributed by atoms with Crippen molar-refractivity contribution in [3.05, 3.63) is 29.6 Å². The summed E-state index contributed by atoms with van der Waals surface area (Å²) in [7, 11) is 0. The first-order valence-electron chi connectivity index (χ1n) is 6.24. The molecule has 1 aromatic rings. The van der Waals surface area contributed by atoms with Gasteiger partial charge in [-0.3, -0.25) is 0 Å². The highest BCUT2D eigenvalue weighted by Gasteiger charge is 2.25. The summed E-state index contributed by atoms with van der Waals surface area (Å²) >= 11 is 3.56. The SMILES string of the molecule is CCCC(CBr)CC1Cc2cc(F)ccc2O1. The number of rotatable bonds is 5. The normalized spacial score (nSPS) is 19.8. The Balaban J connectivity index is 1.95. The van der Waals surface area contributed by atoms with Crippen molar-refractivity contribution in [1.82, 2.24) is 0 Å². The Morgan fingerprint density at radius 3 is 3.06 bits per heavy atom. The molecule has 0 amide bonds. The van der Waals surface area contributed by atoms with E-state index in [9.17, 15) is 4.39 Å². The van der Waals surface area contributed by atoms with Crippen LogP contribution in [0.3, 0.4) is 0 Å². The molecular formula is C14H18BrFO. The number of benzene rings is 1. The zero-order valence-corrected chi connectivity index (χ0v) is 11.7. The average Bonchev–Trinajstić information content (AvgIpc) is 2.69. The van der Waals surface area contributed by atoms with Crippen LogP contribution in [0.1, 0.15) is 31.7 Å². The molecule has 2 atom stereocenters. The van der Waals surface area contributed by atoms with Crippen molar-refractivity contribution in [3.8, 4) is 5.75 Å². The molecule has 17 heavy (non-hydrogen) atoms. The van der Waals surface area contributed by atoms with Crippen molar-refractivity contribution in [2.75, 3.05) is 5.33 Å². The Bertz CT molecular complexity index is 380. The Morgan fingerprint density at radius 2 is 2.35 bits per heavy atom. The molecule has 1 aliphatic rings. The van der Waals surface area contributed by atoms with Crippen LogP contribution in [0.15, 0.2) is 18.2 Å². The van der Waals surface area contributed by atoms with Crippen LogP contribution in [0.4, 0.5) is 4.39 Å². The highest BCUT2D eigenvalue weighted by molar-refractivity contribution is 9.09. The summed E-state index contributed by atoms with van der Waals surface area (Å²) in [6.45, 7) is 2.20. The Morgan fingerprint density at radius 1 is 1.53 bits per heavy atom. The maximum atomic E-state index is 13.1. The minimum Gasteiger partial charge on any atom is -0.490 e. The third-order valence-electron chi connectivity index (χ3n) is 3.28. The quantitative estimate of drug-likeness (QED) is 0.736. The molecule has 1 heterocycles. The van der Waals surface area contributed by atoms with Crippen LogP contribution >= 0.6 is 15.9 Å². The van der Waals surface area contributed by atoms with Crippen LogP contribution in [0.25, 0.3) is 0 Å². The molecule has 0 bridgehead atoms. The molecule has 2 rings (SSSR count). The van der Waals surface area contributed by atoms with Gasteiger partial charge in [0.15, 0.2) is 0 Å². The van der Waals surface area contributed by atoms with Crippen LogP contribution < -0.4 is 4.74 Å². The number of fused-ring (bicyclic) bond motifs is 1. The minimum absolute atomic E-state index is 0.168. The molecule has 0 spiro atoms. The number of halogens is 2. The molecule has 0 fully saturated rings. The lowest BCUT2D eigenvalue weighted by Gasteiger charge is -2.17. The summed E-state index contributed by atoms with van der Waals surface area (Å²) in [4.78, 5) is 0. The fourth-order valence-corrected chi connectivity index (χ4v) is 3.05. The third-order valence-corrected chi connectivity index (χ3v) is 4.19. The van der Waals surface area contributed by atoms with E-state index < -0.39 is 0 Å². The van der Waals surface area contributed by atoms with Crippen molar-refractivity contribution in [1.29, 1.82) is 0 Å². The lowest BCUT2D eigenvalue weighted by Crippen LogP contribution is -2.19. The molecule has 94 valence electrons. The highest BCUT2D eigenvalue weighted by Crippen LogP contribution is 2.32. The van der Waals surface area contributed by atoms with Gasteiger partial charge in [-0.15, -0.1) is 0 Å². The first kappa shape index (κ1) is 12.9. The van der Waals surface area contributed by atoms with Crippen LogP contribution in [-0.2, 0) is 6.42 Å². The number of hydrogen-bond acceptors (Lipinski definition) is 1. The van der Waals surface area contributed by atoms with E-state index >= 15 is 0 Å². The van der Waals surface area contributed by atoms with Gasteiger partial charge >= 0.3 is 0 Å². The van der Waals surface area contributed by atoms with E-state index in [4.69, 9.17) is 4.74 Å². The lowest BCUT2D eigenvalue weighted by molar-refractivity contribution is 0.196. The molecule has 0 aliphatic carbocycles. The molecule has 1 aliphatic heterocycles. The van der Waals surface area contributed by atoms with Crippen molar-refractivity contribution in [2.24, 2.45) is 5.92 Å². The lowest BCUT2D eigenvalue weighted by atomic mass is 9.96. The first-order valence-corrected chi connectivity index (χ1v) is 7.36. The first-order chi connectivity index (χ1) is 8.22. The molecule has 1 nitrogen and oxygen atoms in total. The molecule has 0 saturated carbocycles. The minimum atomic E-state index is -0.168. The van der Waals surface area contributed by atoms with Crippen LogP contribution in [0, 0.1) is 11.7 Å². The second-order valence-electron chi connectivity index (χ2n) is 4.74. The maximum Gasteiger partial charge on any atom is 0.123 e. The molecule has 0 radical (unpaired) electrons. The van der Waals surface area contributed by atoms with Crippen molar-refractivity contribution < 1.29 is 9.13 Å². The fourth-order valence-electron chi connectivity index (χ4n) is 2.46. The van der Waals surface area contributed by atoms with E-state index in [0.29, 0.717) is 5.92 Å². The average molecular weight is 301 g/mol. The van der Waals surface area contributed by atoms with Crippen molar-refractivity contribution in [2.45, 2.75) is 38.7 Å². The van der Waals surface area contributed by atoms with Crippen molar-refractivity contribution >= 4 is 15.9 Å². The summed E-state index contributed by atoms with van der Waals surface area (Å²) in [5.41, 5.74) is 1.01. The molecule has 0 aromatic heterocycles. The van der Waals surface area contributed by atoms with Gasteiger partial charge in [0.05, 0.1) is 0 Å². The largest absolute Gasteiger partial charge is 0.490 e. The molecule has 0 saturated heterocycles. The molecule has 0 N–H and O–H groups in total. The van der Waals surface area contributed by atoms with E-state index in [-0.39, 0.29) is 11.9 Å². The molecule has 1 aromatic carbocycles. The van der Waals surface area contributed by atoms with Gasteiger partial charge in [0.25, 0.3) is 0 Å². The monoisotopic (exact) mass is 300 g/mol. The predicted molar refractivity (Wildman–Crippen MR) is 71.3 cm³/mol. The predicted octanol–water partition coefficient (Wildman–Crippen LogP) is 4.33. The van der Waals surface area contributed by atoms with E-state index in [0.717, 1.165) is 29.5 Å². The summed E-state index contributed by atoms with van der Waals surface area (Å²) in [6, 6.07) is 4.81. The summed E-state index contributed by atoms with van der Waals surface area (Å²) in [5, 5.41) is 1.02. The van der Waals surface area contributed by atoms with Gasteiger partial charge in [-0.25, -0.2) is 4.39 Å². The summed E-state index contributed by atoms with van der Waals surface area (Å²) in [5.74, 6) is 1.35. The third kappa shape index (κ3) is 3.21. The number of ether oxygens (including phenoxy) is 1. The van der Waals surface area contributed by atoms with E-state index in [1.807, 2.05) is 0 Å². The second-order valence-corrected chi connectivity index (χ2v) is 5.39. The smallest absolute Gasteiger partial charge is 0.123 e. The molecule has 3 heteroatoms. The highest BCUT2D eigenvalue weighted by atomic mass is 79.9. The fraction of sp³-hybridized carbons (Fsp3) is 0.571. The Hall–Kier alpha value is -0.570. The Kier molecular flexibility index (Phi) is 4.43. The van der Waals surface area contributed by atoms with Crippen LogP contribution in [0.5, 0.6) is 5.75 Å². The topological polar surface area (TPSA) is 9.23 Å². The van der Waals surface area contributed by atoms with Gasteiger partial charge in [-0.2, -0.15) is 0 Å². The maximum absolute atomic E-state index is 13.1. The van der Waals surface area contributed by atoms with E-state index in [1.165, 1.54) is 18.9 Å².